The summed E-state index contributed by atoms with van der Waals surface area (Å²) in [4.78, 5) is 11.4. The highest BCUT2D eigenvalue weighted by Crippen LogP contribution is 2.14. The molecule has 1 rings (SSSR count). The van der Waals surface area contributed by atoms with Gasteiger partial charge < -0.3 is 14.8 Å². The Labute approximate surface area is 127 Å². The van der Waals surface area contributed by atoms with E-state index in [-0.39, 0.29) is 6.10 Å². The van der Waals surface area contributed by atoms with E-state index in [4.69, 9.17) is 9.47 Å². The van der Waals surface area contributed by atoms with Crippen molar-refractivity contribution in [2.45, 2.75) is 46.3 Å². The molecule has 116 valence electrons. The third-order valence-corrected chi connectivity index (χ3v) is 2.33. The average Bonchev–Trinajstić information content (AvgIpc) is 2.34. The van der Waals surface area contributed by atoms with E-state index in [0.29, 0.717) is 6.54 Å². The number of hydrogen-bond acceptors (Lipinski definition) is 3. The number of carbonyl (C=O) groups is 1. The summed E-state index contributed by atoms with van der Waals surface area (Å²) in [5.74, 6) is 0.856. The molecule has 0 saturated carbocycles. The molecule has 1 amide bonds. The van der Waals surface area contributed by atoms with Gasteiger partial charge in [0.15, 0.2) is 0 Å². The minimum atomic E-state index is -0.472. The van der Waals surface area contributed by atoms with E-state index in [0.717, 1.165) is 11.3 Å². The summed E-state index contributed by atoms with van der Waals surface area (Å²) in [6.45, 7) is 9.93. The molecule has 0 spiro atoms. The monoisotopic (exact) mass is 291 g/mol. The van der Waals surface area contributed by atoms with E-state index in [1.807, 2.05) is 71.0 Å². The van der Waals surface area contributed by atoms with Crippen LogP contribution in [0.2, 0.25) is 0 Å². The van der Waals surface area contributed by atoms with Crippen LogP contribution in [0, 0.1) is 0 Å². The van der Waals surface area contributed by atoms with Crippen molar-refractivity contribution in [3.05, 3.63) is 35.9 Å². The van der Waals surface area contributed by atoms with Crippen molar-refractivity contribution >= 4 is 12.2 Å². The maximum Gasteiger partial charge on any atom is 0.407 e. The summed E-state index contributed by atoms with van der Waals surface area (Å²) in [6, 6.07) is 7.81. The van der Waals surface area contributed by atoms with Gasteiger partial charge >= 0.3 is 6.09 Å². The molecule has 0 atom stereocenters. The summed E-state index contributed by atoms with van der Waals surface area (Å²) in [6.07, 6.45) is 3.58. The molecule has 0 aliphatic heterocycles. The van der Waals surface area contributed by atoms with E-state index in [9.17, 15) is 4.79 Å². The summed E-state index contributed by atoms with van der Waals surface area (Å²) in [7, 11) is 0. The van der Waals surface area contributed by atoms with Gasteiger partial charge in [0.1, 0.15) is 11.4 Å². The van der Waals surface area contributed by atoms with Crippen LogP contribution < -0.4 is 10.1 Å². The Hall–Kier alpha value is -1.97. The Morgan fingerprint density at radius 1 is 1.24 bits per heavy atom. The quantitative estimate of drug-likeness (QED) is 0.891. The van der Waals surface area contributed by atoms with Crippen LogP contribution in [0.3, 0.4) is 0 Å². The molecular weight excluding hydrogens is 266 g/mol. The van der Waals surface area contributed by atoms with Crippen LogP contribution in [0.5, 0.6) is 5.75 Å². The second-order valence-electron chi connectivity index (χ2n) is 6.02. The number of benzene rings is 1. The van der Waals surface area contributed by atoms with Gasteiger partial charge in [-0.1, -0.05) is 24.3 Å². The molecular formula is C17H25NO3. The summed E-state index contributed by atoms with van der Waals surface area (Å²) in [5.41, 5.74) is 0.581. The minimum absolute atomic E-state index is 0.171. The van der Waals surface area contributed by atoms with Crippen LogP contribution in [0.4, 0.5) is 4.79 Å². The van der Waals surface area contributed by atoms with Gasteiger partial charge in [0.25, 0.3) is 0 Å². The lowest BCUT2D eigenvalue weighted by molar-refractivity contribution is 0.0534. The van der Waals surface area contributed by atoms with Crippen molar-refractivity contribution in [3.63, 3.8) is 0 Å². The van der Waals surface area contributed by atoms with Gasteiger partial charge in [-0.15, -0.1) is 0 Å². The topological polar surface area (TPSA) is 47.6 Å². The zero-order valence-corrected chi connectivity index (χ0v) is 13.5. The predicted octanol–water partition coefficient (Wildman–Crippen LogP) is 4.01. The standard InChI is InChI=1S/C17H25NO3/c1-13(2)20-15-10-8-14(9-11-15)7-6-12-18-16(19)21-17(3,4)5/h6-11,13H,12H2,1-5H3,(H,18,19). The van der Waals surface area contributed by atoms with Gasteiger partial charge in [-0.2, -0.15) is 0 Å². The smallest absolute Gasteiger partial charge is 0.407 e. The first-order chi connectivity index (χ1) is 9.76. The Morgan fingerprint density at radius 3 is 2.38 bits per heavy atom. The van der Waals surface area contributed by atoms with E-state index < -0.39 is 11.7 Å². The molecule has 1 aromatic carbocycles. The lowest BCUT2D eigenvalue weighted by atomic mass is 10.2. The zero-order valence-electron chi connectivity index (χ0n) is 13.5. The molecule has 0 heterocycles. The lowest BCUT2D eigenvalue weighted by Crippen LogP contribution is -2.32. The third-order valence-electron chi connectivity index (χ3n) is 2.33. The molecule has 1 aromatic rings. The van der Waals surface area contributed by atoms with Crippen LogP contribution in [0.25, 0.3) is 6.08 Å². The number of alkyl carbamates (subject to hydrolysis) is 1. The molecule has 0 aliphatic rings. The number of amides is 1. The molecule has 21 heavy (non-hydrogen) atoms. The van der Waals surface area contributed by atoms with Crippen molar-refractivity contribution in [2.24, 2.45) is 0 Å². The first-order valence-corrected chi connectivity index (χ1v) is 7.16. The number of ether oxygens (including phenoxy) is 2. The predicted molar refractivity (Wildman–Crippen MR) is 85.5 cm³/mol. The highest BCUT2D eigenvalue weighted by molar-refractivity contribution is 5.68. The lowest BCUT2D eigenvalue weighted by Gasteiger charge is -2.19. The van der Waals surface area contributed by atoms with Gasteiger partial charge in [0.2, 0.25) is 0 Å². The highest BCUT2D eigenvalue weighted by Gasteiger charge is 2.14. The average molecular weight is 291 g/mol. The third kappa shape index (κ3) is 8.02. The van der Waals surface area contributed by atoms with Crippen LogP contribution in [0.15, 0.2) is 30.3 Å². The van der Waals surface area contributed by atoms with Crippen LogP contribution >= 0.6 is 0 Å². The molecule has 0 saturated heterocycles. The maximum absolute atomic E-state index is 11.4. The van der Waals surface area contributed by atoms with E-state index in [1.165, 1.54) is 0 Å². The Kier molecular flexibility index (Phi) is 6.28. The van der Waals surface area contributed by atoms with Crippen LogP contribution in [-0.4, -0.2) is 24.3 Å². The van der Waals surface area contributed by atoms with Crippen molar-refractivity contribution < 1.29 is 14.3 Å². The van der Waals surface area contributed by atoms with Gasteiger partial charge in [-0.05, 0) is 52.3 Å². The van der Waals surface area contributed by atoms with Crippen LogP contribution in [-0.2, 0) is 4.74 Å². The van der Waals surface area contributed by atoms with Gasteiger partial charge in [-0.3, -0.25) is 0 Å². The summed E-state index contributed by atoms with van der Waals surface area (Å²) < 4.78 is 10.7. The number of hydrogen-bond donors (Lipinski definition) is 1. The van der Waals surface area contributed by atoms with E-state index in [1.54, 1.807) is 0 Å². The number of nitrogens with one attached hydrogen (secondary N) is 1. The van der Waals surface area contributed by atoms with Crippen molar-refractivity contribution in [2.75, 3.05) is 6.54 Å². The van der Waals surface area contributed by atoms with Gasteiger partial charge in [-0.25, -0.2) is 4.79 Å². The van der Waals surface area contributed by atoms with E-state index in [2.05, 4.69) is 5.32 Å². The maximum atomic E-state index is 11.4. The molecule has 0 aromatic heterocycles. The molecule has 4 nitrogen and oxygen atoms in total. The fraction of sp³-hybridized carbons (Fsp3) is 0.471. The van der Waals surface area contributed by atoms with Crippen LogP contribution in [0.1, 0.15) is 40.2 Å². The fourth-order valence-electron chi connectivity index (χ4n) is 1.58. The Morgan fingerprint density at radius 2 is 1.86 bits per heavy atom. The number of carbonyl (C=O) groups excluding carboxylic acids is 1. The molecule has 0 unspecified atom stereocenters. The molecule has 0 fully saturated rings. The second kappa shape index (κ2) is 7.72. The normalized spacial score (nSPS) is 11.7. The first kappa shape index (κ1) is 17.1. The molecule has 4 heteroatoms. The molecule has 0 aliphatic carbocycles. The van der Waals surface area contributed by atoms with Gasteiger partial charge in [0.05, 0.1) is 6.10 Å². The fourth-order valence-corrected chi connectivity index (χ4v) is 1.58. The summed E-state index contributed by atoms with van der Waals surface area (Å²) >= 11 is 0. The van der Waals surface area contributed by atoms with E-state index >= 15 is 0 Å². The minimum Gasteiger partial charge on any atom is -0.491 e. The SMILES string of the molecule is CC(C)Oc1ccc(C=CCNC(=O)OC(C)(C)C)cc1. The Bertz CT molecular complexity index is 470. The molecule has 0 radical (unpaired) electrons. The van der Waals surface area contributed by atoms with Crippen molar-refractivity contribution in [1.82, 2.24) is 5.32 Å². The largest absolute Gasteiger partial charge is 0.491 e. The summed E-state index contributed by atoms with van der Waals surface area (Å²) in [5, 5.41) is 2.67. The number of rotatable bonds is 5. The molecule has 1 N–H and O–H groups in total. The van der Waals surface area contributed by atoms with Crippen molar-refractivity contribution in [1.29, 1.82) is 0 Å². The highest BCUT2D eigenvalue weighted by atomic mass is 16.6. The second-order valence-corrected chi connectivity index (χ2v) is 6.02. The first-order valence-electron chi connectivity index (χ1n) is 7.16. The van der Waals surface area contributed by atoms with Crippen molar-refractivity contribution in [3.8, 4) is 5.75 Å². The molecule has 0 bridgehead atoms. The Balaban J connectivity index is 2.38. The van der Waals surface area contributed by atoms with Gasteiger partial charge in [0, 0.05) is 6.54 Å². The zero-order chi connectivity index (χ0) is 15.9.